The lowest BCUT2D eigenvalue weighted by Crippen LogP contribution is -2.36. The molecule has 0 amide bonds. The van der Waals surface area contributed by atoms with Gasteiger partial charge in [-0.15, -0.1) is 0 Å². The monoisotopic (exact) mass is 267 g/mol. The average molecular weight is 268 g/mol. The number of rotatable bonds is 4. The molecule has 1 aliphatic heterocycles. The zero-order valence-corrected chi connectivity index (χ0v) is 12.0. The average Bonchev–Trinajstić information content (AvgIpc) is 2.31. The van der Waals surface area contributed by atoms with E-state index in [1.807, 2.05) is 6.07 Å². The SMILES string of the molecule is CN(C)CC1CCN(Cc2ccnc(Cl)c2)CC1. The van der Waals surface area contributed by atoms with Crippen LogP contribution in [0.25, 0.3) is 0 Å². The van der Waals surface area contributed by atoms with Crippen LogP contribution in [0.1, 0.15) is 18.4 Å². The standard InChI is InChI=1S/C14H22ClN3/c1-17(2)10-12-4-7-18(8-5-12)11-13-3-6-16-14(15)9-13/h3,6,9,12H,4-5,7-8,10-11H2,1-2H3. The van der Waals surface area contributed by atoms with Gasteiger partial charge in [-0.3, -0.25) is 4.90 Å². The van der Waals surface area contributed by atoms with Gasteiger partial charge in [0.25, 0.3) is 0 Å². The number of aromatic nitrogens is 1. The predicted octanol–water partition coefficient (Wildman–Crippen LogP) is 2.51. The molecule has 0 bridgehead atoms. The molecule has 3 nitrogen and oxygen atoms in total. The summed E-state index contributed by atoms with van der Waals surface area (Å²) in [5.74, 6) is 0.859. The van der Waals surface area contributed by atoms with Crippen molar-refractivity contribution in [2.24, 2.45) is 5.92 Å². The van der Waals surface area contributed by atoms with Crippen molar-refractivity contribution in [1.82, 2.24) is 14.8 Å². The Morgan fingerprint density at radius 1 is 1.39 bits per heavy atom. The third kappa shape index (κ3) is 4.23. The number of likely N-dealkylation sites (tertiary alicyclic amines) is 1. The predicted molar refractivity (Wildman–Crippen MR) is 75.8 cm³/mol. The van der Waals surface area contributed by atoms with Gasteiger partial charge in [0.05, 0.1) is 0 Å². The maximum atomic E-state index is 5.91. The normalized spacial score (nSPS) is 18.4. The summed E-state index contributed by atoms with van der Waals surface area (Å²) < 4.78 is 0. The van der Waals surface area contributed by atoms with E-state index in [9.17, 15) is 0 Å². The van der Waals surface area contributed by atoms with Gasteiger partial charge in [-0.2, -0.15) is 0 Å². The van der Waals surface area contributed by atoms with Gasteiger partial charge in [0.1, 0.15) is 5.15 Å². The molecule has 0 unspecified atom stereocenters. The highest BCUT2D eigenvalue weighted by Gasteiger charge is 2.19. The van der Waals surface area contributed by atoms with Crippen LogP contribution in [0.2, 0.25) is 5.15 Å². The molecule has 1 aromatic rings. The van der Waals surface area contributed by atoms with Gasteiger partial charge in [-0.25, -0.2) is 4.98 Å². The number of piperidine rings is 1. The Morgan fingerprint density at radius 2 is 2.11 bits per heavy atom. The Morgan fingerprint density at radius 3 is 2.72 bits per heavy atom. The molecule has 0 saturated carbocycles. The van der Waals surface area contributed by atoms with E-state index in [0.29, 0.717) is 5.15 Å². The summed E-state index contributed by atoms with van der Waals surface area (Å²) in [7, 11) is 4.32. The van der Waals surface area contributed by atoms with Crippen molar-refractivity contribution in [2.75, 3.05) is 33.7 Å². The fraction of sp³-hybridized carbons (Fsp3) is 0.643. The van der Waals surface area contributed by atoms with Crippen LogP contribution in [-0.4, -0.2) is 48.5 Å². The quantitative estimate of drug-likeness (QED) is 0.782. The van der Waals surface area contributed by atoms with Gasteiger partial charge in [-0.1, -0.05) is 11.6 Å². The second-order valence-corrected chi connectivity index (χ2v) is 5.86. The fourth-order valence-electron chi connectivity index (χ4n) is 2.64. The smallest absolute Gasteiger partial charge is 0.129 e. The lowest BCUT2D eigenvalue weighted by Gasteiger charge is -2.33. The van der Waals surface area contributed by atoms with Crippen molar-refractivity contribution in [3.8, 4) is 0 Å². The topological polar surface area (TPSA) is 19.4 Å². The van der Waals surface area contributed by atoms with Crippen molar-refractivity contribution in [2.45, 2.75) is 19.4 Å². The Bertz CT molecular complexity index is 373. The number of hydrogen-bond donors (Lipinski definition) is 0. The fourth-order valence-corrected chi connectivity index (χ4v) is 2.84. The summed E-state index contributed by atoms with van der Waals surface area (Å²) in [4.78, 5) is 8.83. The highest BCUT2D eigenvalue weighted by molar-refractivity contribution is 6.29. The van der Waals surface area contributed by atoms with Crippen LogP contribution in [0.15, 0.2) is 18.3 Å². The molecule has 0 radical (unpaired) electrons. The van der Waals surface area contributed by atoms with Crippen molar-refractivity contribution < 1.29 is 0 Å². The summed E-state index contributed by atoms with van der Waals surface area (Å²) in [6.45, 7) is 4.60. The van der Waals surface area contributed by atoms with Gasteiger partial charge >= 0.3 is 0 Å². The summed E-state index contributed by atoms with van der Waals surface area (Å²) in [6, 6.07) is 4.02. The molecule has 2 rings (SSSR count). The Kier molecular flexibility index (Phi) is 4.98. The van der Waals surface area contributed by atoms with E-state index in [4.69, 9.17) is 11.6 Å². The number of halogens is 1. The number of hydrogen-bond acceptors (Lipinski definition) is 3. The largest absolute Gasteiger partial charge is 0.309 e. The minimum Gasteiger partial charge on any atom is -0.309 e. The molecule has 2 heterocycles. The van der Waals surface area contributed by atoms with Crippen LogP contribution >= 0.6 is 11.6 Å². The van der Waals surface area contributed by atoms with Crippen LogP contribution in [0.4, 0.5) is 0 Å². The van der Waals surface area contributed by atoms with Crippen LogP contribution in [0.5, 0.6) is 0 Å². The molecular formula is C14H22ClN3. The van der Waals surface area contributed by atoms with Gasteiger partial charge in [0.15, 0.2) is 0 Å². The van der Waals surface area contributed by atoms with Crippen molar-refractivity contribution in [3.05, 3.63) is 29.0 Å². The lowest BCUT2D eigenvalue weighted by atomic mass is 9.96. The minimum atomic E-state index is 0.593. The molecule has 4 heteroatoms. The highest BCUT2D eigenvalue weighted by Crippen LogP contribution is 2.20. The maximum absolute atomic E-state index is 5.91. The van der Waals surface area contributed by atoms with Crippen LogP contribution in [-0.2, 0) is 6.54 Å². The molecule has 1 fully saturated rings. The first-order valence-electron chi connectivity index (χ1n) is 6.61. The Labute approximate surface area is 115 Å². The molecule has 0 spiro atoms. The van der Waals surface area contributed by atoms with E-state index < -0.39 is 0 Å². The van der Waals surface area contributed by atoms with E-state index in [2.05, 4.69) is 34.9 Å². The molecule has 0 N–H and O–H groups in total. The van der Waals surface area contributed by atoms with E-state index in [0.717, 1.165) is 12.5 Å². The second-order valence-electron chi connectivity index (χ2n) is 5.47. The zero-order valence-electron chi connectivity index (χ0n) is 11.3. The van der Waals surface area contributed by atoms with Crippen LogP contribution in [0, 0.1) is 5.92 Å². The van der Waals surface area contributed by atoms with Crippen molar-refractivity contribution >= 4 is 11.6 Å². The molecule has 0 atom stereocenters. The van der Waals surface area contributed by atoms with E-state index in [1.165, 1.54) is 38.0 Å². The van der Waals surface area contributed by atoms with Crippen LogP contribution < -0.4 is 0 Å². The summed E-state index contributed by atoms with van der Waals surface area (Å²) in [5, 5.41) is 0.593. The molecule has 1 aliphatic rings. The van der Waals surface area contributed by atoms with Gasteiger partial charge < -0.3 is 4.90 Å². The third-order valence-corrected chi connectivity index (χ3v) is 3.73. The van der Waals surface area contributed by atoms with Gasteiger partial charge in [0.2, 0.25) is 0 Å². The highest BCUT2D eigenvalue weighted by atomic mass is 35.5. The Hall–Kier alpha value is -0.640. The lowest BCUT2D eigenvalue weighted by molar-refractivity contribution is 0.157. The van der Waals surface area contributed by atoms with Crippen molar-refractivity contribution in [3.63, 3.8) is 0 Å². The van der Waals surface area contributed by atoms with E-state index in [-0.39, 0.29) is 0 Å². The van der Waals surface area contributed by atoms with E-state index >= 15 is 0 Å². The van der Waals surface area contributed by atoms with Gasteiger partial charge in [-0.05, 0) is 63.6 Å². The molecule has 1 saturated heterocycles. The van der Waals surface area contributed by atoms with E-state index in [1.54, 1.807) is 6.20 Å². The zero-order chi connectivity index (χ0) is 13.0. The minimum absolute atomic E-state index is 0.593. The molecule has 1 aromatic heterocycles. The number of pyridine rings is 1. The molecule has 0 aliphatic carbocycles. The molecule has 18 heavy (non-hydrogen) atoms. The maximum Gasteiger partial charge on any atom is 0.129 e. The van der Waals surface area contributed by atoms with Crippen LogP contribution in [0.3, 0.4) is 0 Å². The second kappa shape index (κ2) is 6.50. The Balaban J connectivity index is 1.80. The number of nitrogens with zero attached hydrogens (tertiary/aromatic N) is 3. The first-order chi connectivity index (χ1) is 8.63. The summed E-state index contributed by atoms with van der Waals surface area (Å²) >= 11 is 5.91. The summed E-state index contributed by atoms with van der Waals surface area (Å²) in [6.07, 6.45) is 4.39. The molecule has 100 valence electrons. The van der Waals surface area contributed by atoms with Gasteiger partial charge in [0, 0.05) is 19.3 Å². The third-order valence-electron chi connectivity index (χ3n) is 3.53. The first kappa shape index (κ1) is 13.8. The summed E-state index contributed by atoms with van der Waals surface area (Å²) in [5.41, 5.74) is 1.26. The molecule has 0 aromatic carbocycles. The van der Waals surface area contributed by atoms with Crippen molar-refractivity contribution in [1.29, 1.82) is 0 Å². The molecular weight excluding hydrogens is 246 g/mol. The first-order valence-corrected chi connectivity index (χ1v) is 6.99.